The zero-order valence-electron chi connectivity index (χ0n) is 14.2. The SMILES string of the molecule is CO[C@H](c1ccccc1)[C@H](OCc1ccccc1)[C@H]1CC=CC(=O)O1. The molecule has 0 unspecified atom stereocenters. The molecule has 0 radical (unpaired) electrons. The average Bonchev–Trinajstić information content (AvgIpc) is 2.66. The van der Waals surface area contributed by atoms with E-state index in [-0.39, 0.29) is 18.2 Å². The van der Waals surface area contributed by atoms with Crippen molar-refractivity contribution in [2.45, 2.75) is 31.3 Å². The highest BCUT2D eigenvalue weighted by Gasteiger charge is 2.35. The van der Waals surface area contributed by atoms with E-state index in [1.807, 2.05) is 66.7 Å². The first-order chi connectivity index (χ1) is 12.3. The summed E-state index contributed by atoms with van der Waals surface area (Å²) in [6.07, 6.45) is 2.78. The quantitative estimate of drug-likeness (QED) is 0.720. The van der Waals surface area contributed by atoms with Crippen molar-refractivity contribution in [2.24, 2.45) is 0 Å². The molecule has 3 atom stereocenters. The summed E-state index contributed by atoms with van der Waals surface area (Å²) in [5.74, 6) is -0.340. The molecule has 130 valence electrons. The zero-order chi connectivity index (χ0) is 17.5. The zero-order valence-corrected chi connectivity index (χ0v) is 14.2. The highest BCUT2D eigenvalue weighted by atomic mass is 16.6. The first kappa shape index (κ1) is 17.4. The van der Waals surface area contributed by atoms with E-state index in [0.29, 0.717) is 13.0 Å². The first-order valence-electron chi connectivity index (χ1n) is 8.38. The Bertz CT molecular complexity index is 696. The van der Waals surface area contributed by atoms with Crippen LogP contribution in [0.15, 0.2) is 72.8 Å². The van der Waals surface area contributed by atoms with E-state index in [1.54, 1.807) is 7.11 Å². The molecule has 25 heavy (non-hydrogen) atoms. The predicted octanol–water partition coefficient (Wildman–Crippen LogP) is 3.83. The fourth-order valence-corrected chi connectivity index (χ4v) is 3.00. The largest absolute Gasteiger partial charge is 0.456 e. The molecule has 0 bridgehead atoms. The molecule has 0 aromatic heterocycles. The summed E-state index contributed by atoms with van der Waals surface area (Å²) in [7, 11) is 1.65. The Morgan fingerprint density at radius 2 is 1.76 bits per heavy atom. The van der Waals surface area contributed by atoms with Crippen LogP contribution in [-0.2, 0) is 25.6 Å². The van der Waals surface area contributed by atoms with Crippen LogP contribution in [0.25, 0.3) is 0 Å². The lowest BCUT2D eigenvalue weighted by Crippen LogP contribution is -2.39. The van der Waals surface area contributed by atoms with Gasteiger partial charge in [0.1, 0.15) is 18.3 Å². The van der Waals surface area contributed by atoms with Crippen LogP contribution in [0.3, 0.4) is 0 Å². The predicted molar refractivity (Wildman–Crippen MR) is 94.8 cm³/mol. The fraction of sp³-hybridized carbons (Fsp3) is 0.286. The van der Waals surface area contributed by atoms with Gasteiger partial charge in [-0.1, -0.05) is 66.7 Å². The molecule has 1 aliphatic heterocycles. The van der Waals surface area contributed by atoms with E-state index in [2.05, 4.69) is 0 Å². The van der Waals surface area contributed by atoms with E-state index in [4.69, 9.17) is 14.2 Å². The van der Waals surface area contributed by atoms with Gasteiger partial charge in [-0.2, -0.15) is 0 Å². The summed E-state index contributed by atoms with van der Waals surface area (Å²) in [4.78, 5) is 11.7. The molecular formula is C21H22O4. The highest BCUT2D eigenvalue weighted by Crippen LogP contribution is 2.30. The van der Waals surface area contributed by atoms with E-state index in [1.165, 1.54) is 6.08 Å². The number of rotatable bonds is 7. The molecule has 1 aliphatic rings. The van der Waals surface area contributed by atoms with Gasteiger partial charge in [-0.3, -0.25) is 0 Å². The smallest absolute Gasteiger partial charge is 0.330 e. The number of carbonyl (C=O) groups is 1. The van der Waals surface area contributed by atoms with Crippen LogP contribution in [0.2, 0.25) is 0 Å². The van der Waals surface area contributed by atoms with Crippen LogP contribution < -0.4 is 0 Å². The van der Waals surface area contributed by atoms with Gasteiger partial charge in [-0.25, -0.2) is 4.79 Å². The maximum Gasteiger partial charge on any atom is 0.330 e. The Balaban J connectivity index is 1.82. The molecule has 3 rings (SSSR count). The van der Waals surface area contributed by atoms with Crippen molar-refractivity contribution in [2.75, 3.05) is 7.11 Å². The monoisotopic (exact) mass is 338 g/mol. The Hall–Kier alpha value is -2.43. The highest BCUT2D eigenvalue weighted by molar-refractivity contribution is 5.82. The van der Waals surface area contributed by atoms with Crippen molar-refractivity contribution in [1.29, 1.82) is 0 Å². The number of methoxy groups -OCH3 is 1. The molecule has 0 amide bonds. The van der Waals surface area contributed by atoms with Crippen molar-refractivity contribution in [1.82, 2.24) is 0 Å². The summed E-state index contributed by atoms with van der Waals surface area (Å²) in [5.41, 5.74) is 2.06. The van der Waals surface area contributed by atoms with E-state index in [0.717, 1.165) is 11.1 Å². The van der Waals surface area contributed by atoms with Crippen molar-refractivity contribution in [3.63, 3.8) is 0 Å². The van der Waals surface area contributed by atoms with E-state index >= 15 is 0 Å². The van der Waals surface area contributed by atoms with Crippen molar-refractivity contribution in [3.05, 3.63) is 83.9 Å². The van der Waals surface area contributed by atoms with Crippen LogP contribution in [0, 0.1) is 0 Å². The number of hydrogen-bond donors (Lipinski definition) is 0. The topological polar surface area (TPSA) is 44.8 Å². The van der Waals surface area contributed by atoms with Crippen molar-refractivity contribution in [3.8, 4) is 0 Å². The Morgan fingerprint density at radius 3 is 2.40 bits per heavy atom. The van der Waals surface area contributed by atoms with Gasteiger partial charge in [0.05, 0.1) is 6.61 Å². The number of cyclic esters (lactones) is 1. The summed E-state index contributed by atoms with van der Waals surface area (Å²) < 4.78 is 17.4. The number of esters is 1. The molecule has 4 heteroatoms. The lowest BCUT2D eigenvalue weighted by atomic mass is 9.97. The van der Waals surface area contributed by atoms with Gasteiger partial charge in [0, 0.05) is 19.6 Å². The number of ether oxygens (including phenoxy) is 3. The van der Waals surface area contributed by atoms with Gasteiger partial charge >= 0.3 is 5.97 Å². The molecule has 1 heterocycles. The van der Waals surface area contributed by atoms with Crippen LogP contribution >= 0.6 is 0 Å². The third-order valence-corrected chi connectivity index (χ3v) is 4.22. The molecule has 0 spiro atoms. The van der Waals surface area contributed by atoms with Crippen LogP contribution in [0.4, 0.5) is 0 Å². The first-order valence-corrected chi connectivity index (χ1v) is 8.38. The van der Waals surface area contributed by atoms with Gasteiger partial charge in [-0.15, -0.1) is 0 Å². The molecule has 0 N–H and O–H groups in total. The standard InChI is InChI=1S/C21H22O4/c1-23-20(17-11-6-3-7-12-17)21(18-13-8-14-19(22)25-18)24-15-16-9-4-2-5-10-16/h2-12,14,18,20-21H,13,15H2,1H3/t18-,20-,21-/m1/s1. The molecular weight excluding hydrogens is 316 g/mol. The maximum atomic E-state index is 11.7. The summed E-state index contributed by atoms with van der Waals surface area (Å²) in [6.45, 7) is 0.427. The Kier molecular flexibility index (Phi) is 5.99. The third kappa shape index (κ3) is 4.56. The maximum absolute atomic E-state index is 11.7. The second-order valence-electron chi connectivity index (χ2n) is 5.94. The summed E-state index contributed by atoms with van der Waals surface area (Å²) in [5, 5.41) is 0. The van der Waals surface area contributed by atoms with Gasteiger partial charge in [0.25, 0.3) is 0 Å². The Labute approximate surface area is 148 Å². The second kappa shape index (κ2) is 8.60. The normalized spacial score (nSPS) is 19.2. The molecule has 2 aromatic rings. The molecule has 4 nitrogen and oxygen atoms in total. The minimum Gasteiger partial charge on any atom is -0.456 e. The van der Waals surface area contributed by atoms with Crippen LogP contribution in [0.1, 0.15) is 23.7 Å². The second-order valence-corrected chi connectivity index (χ2v) is 5.94. The minimum atomic E-state index is -0.401. The van der Waals surface area contributed by atoms with Gasteiger partial charge in [-0.05, 0) is 11.1 Å². The third-order valence-electron chi connectivity index (χ3n) is 4.22. The lowest BCUT2D eigenvalue weighted by molar-refractivity contribution is -0.166. The number of hydrogen-bond acceptors (Lipinski definition) is 4. The summed E-state index contributed by atoms with van der Waals surface area (Å²) >= 11 is 0. The minimum absolute atomic E-state index is 0.325. The van der Waals surface area contributed by atoms with Crippen LogP contribution in [0.5, 0.6) is 0 Å². The van der Waals surface area contributed by atoms with E-state index in [9.17, 15) is 4.79 Å². The average molecular weight is 338 g/mol. The van der Waals surface area contributed by atoms with Crippen molar-refractivity contribution < 1.29 is 19.0 Å². The molecule has 0 aliphatic carbocycles. The molecule has 2 aromatic carbocycles. The van der Waals surface area contributed by atoms with Gasteiger partial charge in [0.15, 0.2) is 0 Å². The van der Waals surface area contributed by atoms with E-state index < -0.39 is 6.10 Å². The van der Waals surface area contributed by atoms with Gasteiger partial charge in [0.2, 0.25) is 0 Å². The lowest BCUT2D eigenvalue weighted by Gasteiger charge is -2.33. The number of benzene rings is 2. The summed E-state index contributed by atoms with van der Waals surface area (Å²) in [6, 6.07) is 19.8. The van der Waals surface area contributed by atoms with Gasteiger partial charge < -0.3 is 14.2 Å². The number of carbonyl (C=O) groups excluding carboxylic acids is 1. The molecule has 0 fully saturated rings. The van der Waals surface area contributed by atoms with Crippen LogP contribution in [-0.4, -0.2) is 25.3 Å². The van der Waals surface area contributed by atoms with Crippen molar-refractivity contribution >= 4 is 5.97 Å². The molecule has 0 saturated carbocycles. The Morgan fingerprint density at radius 1 is 1.08 bits per heavy atom. The fourth-order valence-electron chi connectivity index (χ4n) is 3.00. The molecule has 0 saturated heterocycles.